The van der Waals surface area contributed by atoms with Crippen LogP contribution in [0, 0.1) is 0 Å². The van der Waals surface area contributed by atoms with Crippen molar-refractivity contribution in [1.29, 1.82) is 0 Å². The largest absolute Gasteiger partial charge is 0.394 e. The highest BCUT2D eigenvalue weighted by Gasteiger charge is 2.62. The van der Waals surface area contributed by atoms with Crippen LogP contribution >= 0.6 is 0 Å². The van der Waals surface area contributed by atoms with Crippen LogP contribution in [0.15, 0.2) is 0 Å². The van der Waals surface area contributed by atoms with Crippen LogP contribution in [0.25, 0.3) is 0 Å². The fourth-order valence-electron chi connectivity index (χ4n) is 2.24. The van der Waals surface area contributed by atoms with Crippen molar-refractivity contribution in [3.63, 3.8) is 0 Å². The van der Waals surface area contributed by atoms with E-state index in [1.807, 2.05) is 0 Å². The van der Waals surface area contributed by atoms with Gasteiger partial charge in [-0.2, -0.15) is 0 Å². The first kappa shape index (κ1) is 12.2. The SMILES string of the molecule is CC1(C)O[C@H]2O[C@H]([C@@H](O)CO)[C@@](C)(O)[C@H]2O1. The van der Waals surface area contributed by atoms with Gasteiger partial charge in [0.2, 0.25) is 0 Å². The quantitative estimate of drug-likeness (QED) is 0.566. The summed E-state index contributed by atoms with van der Waals surface area (Å²) < 4.78 is 16.3. The van der Waals surface area contributed by atoms with Crippen molar-refractivity contribution in [2.75, 3.05) is 6.61 Å². The molecule has 0 aliphatic carbocycles. The maximum Gasteiger partial charge on any atom is 0.190 e. The fourth-order valence-corrected chi connectivity index (χ4v) is 2.24. The van der Waals surface area contributed by atoms with Crippen molar-refractivity contribution < 1.29 is 29.5 Å². The molecule has 0 spiro atoms. The molecule has 6 nitrogen and oxygen atoms in total. The molecule has 2 saturated heterocycles. The molecule has 0 aromatic rings. The first-order valence-electron chi connectivity index (χ1n) is 5.30. The molecule has 0 aromatic carbocycles. The minimum Gasteiger partial charge on any atom is -0.394 e. The molecule has 6 heteroatoms. The van der Waals surface area contributed by atoms with E-state index in [0.29, 0.717) is 0 Å². The Hall–Kier alpha value is -0.240. The van der Waals surface area contributed by atoms with Gasteiger partial charge in [-0.05, 0) is 20.8 Å². The molecule has 0 bridgehead atoms. The van der Waals surface area contributed by atoms with E-state index in [2.05, 4.69) is 0 Å². The van der Waals surface area contributed by atoms with Gasteiger partial charge in [0.1, 0.15) is 23.9 Å². The Morgan fingerprint density at radius 3 is 2.38 bits per heavy atom. The van der Waals surface area contributed by atoms with Crippen LogP contribution in [-0.2, 0) is 14.2 Å². The smallest absolute Gasteiger partial charge is 0.190 e. The third-order valence-electron chi connectivity index (χ3n) is 3.03. The molecule has 2 aliphatic rings. The summed E-state index contributed by atoms with van der Waals surface area (Å²) in [6, 6.07) is 0. The average molecular weight is 234 g/mol. The highest BCUT2D eigenvalue weighted by atomic mass is 16.8. The van der Waals surface area contributed by atoms with Gasteiger partial charge in [-0.15, -0.1) is 0 Å². The van der Waals surface area contributed by atoms with E-state index in [1.54, 1.807) is 13.8 Å². The maximum absolute atomic E-state index is 10.3. The van der Waals surface area contributed by atoms with E-state index in [1.165, 1.54) is 6.92 Å². The summed E-state index contributed by atoms with van der Waals surface area (Å²) in [5.41, 5.74) is -1.39. The summed E-state index contributed by atoms with van der Waals surface area (Å²) in [7, 11) is 0. The van der Waals surface area contributed by atoms with E-state index < -0.39 is 42.6 Å². The molecule has 2 rings (SSSR count). The minimum atomic E-state index is -1.39. The van der Waals surface area contributed by atoms with Gasteiger partial charge < -0.3 is 29.5 Å². The van der Waals surface area contributed by atoms with Crippen LogP contribution in [0.4, 0.5) is 0 Å². The molecule has 0 amide bonds. The van der Waals surface area contributed by atoms with Gasteiger partial charge in [0.15, 0.2) is 12.1 Å². The Kier molecular flexibility index (Phi) is 2.77. The van der Waals surface area contributed by atoms with Gasteiger partial charge in [0, 0.05) is 0 Å². The minimum absolute atomic E-state index is 0.482. The molecule has 0 unspecified atom stereocenters. The van der Waals surface area contributed by atoms with Gasteiger partial charge in [0.05, 0.1) is 6.61 Å². The Labute approximate surface area is 93.7 Å². The predicted octanol–water partition coefficient (Wildman–Crippen LogP) is -1.03. The summed E-state index contributed by atoms with van der Waals surface area (Å²) >= 11 is 0. The topological polar surface area (TPSA) is 88.4 Å². The summed E-state index contributed by atoms with van der Waals surface area (Å²) in [5.74, 6) is -0.811. The summed E-state index contributed by atoms with van der Waals surface area (Å²) in [6.45, 7) is 4.47. The number of aliphatic hydroxyl groups is 3. The van der Waals surface area contributed by atoms with Gasteiger partial charge in [0.25, 0.3) is 0 Å². The number of hydrogen-bond donors (Lipinski definition) is 3. The van der Waals surface area contributed by atoms with E-state index in [0.717, 1.165) is 0 Å². The normalized spacial score (nSPS) is 48.0. The molecule has 2 heterocycles. The molecule has 0 saturated carbocycles. The molecule has 5 atom stereocenters. The molecular formula is C10H18O6. The first-order valence-corrected chi connectivity index (χ1v) is 5.30. The maximum atomic E-state index is 10.3. The van der Waals surface area contributed by atoms with E-state index in [9.17, 15) is 10.2 Å². The summed E-state index contributed by atoms with van der Waals surface area (Å²) in [6.07, 6.45) is -3.44. The summed E-state index contributed by atoms with van der Waals surface area (Å²) in [5, 5.41) is 28.7. The van der Waals surface area contributed by atoms with Crippen molar-refractivity contribution in [2.45, 2.75) is 56.8 Å². The number of hydrogen-bond acceptors (Lipinski definition) is 6. The molecule has 2 aliphatic heterocycles. The lowest BCUT2D eigenvalue weighted by molar-refractivity contribution is -0.241. The highest BCUT2D eigenvalue weighted by Crippen LogP contribution is 2.43. The second kappa shape index (κ2) is 3.63. The van der Waals surface area contributed by atoms with Crippen molar-refractivity contribution in [3.05, 3.63) is 0 Å². The van der Waals surface area contributed by atoms with Crippen LogP contribution in [-0.4, -0.2) is 57.9 Å². The van der Waals surface area contributed by atoms with E-state index >= 15 is 0 Å². The van der Waals surface area contributed by atoms with Gasteiger partial charge in [-0.1, -0.05) is 0 Å². The Balaban J connectivity index is 2.17. The standard InChI is InChI=1S/C10H18O6/c1-9(2)15-7-8(16-9)14-6(5(12)4-11)10(7,3)13/h5-8,11-13H,4H2,1-3H3/t5-,6+,7-,8+,10+/m0/s1. The lowest BCUT2D eigenvalue weighted by atomic mass is 9.91. The monoisotopic (exact) mass is 234 g/mol. The molecule has 2 fully saturated rings. The number of fused-ring (bicyclic) bond motifs is 1. The zero-order valence-electron chi connectivity index (χ0n) is 9.58. The zero-order valence-corrected chi connectivity index (χ0v) is 9.58. The molecule has 0 aromatic heterocycles. The van der Waals surface area contributed by atoms with Crippen molar-refractivity contribution in [3.8, 4) is 0 Å². The molecule has 94 valence electrons. The van der Waals surface area contributed by atoms with Crippen molar-refractivity contribution >= 4 is 0 Å². The number of ether oxygens (including phenoxy) is 3. The predicted molar refractivity (Wildman–Crippen MR) is 52.4 cm³/mol. The highest BCUT2D eigenvalue weighted by molar-refractivity contribution is 5.04. The Bertz CT molecular complexity index is 276. The van der Waals surface area contributed by atoms with Gasteiger partial charge in [-0.3, -0.25) is 0 Å². The second-order valence-electron chi connectivity index (χ2n) is 4.96. The van der Waals surface area contributed by atoms with Crippen LogP contribution in [0.1, 0.15) is 20.8 Å². The zero-order chi connectivity index (χ0) is 12.1. The van der Waals surface area contributed by atoms with Crippen LogP contribution < -0.4 is 0 Å². The van der Waals surface area contributed by atoms with Crippen LogP contribution in [0.2, 0.25) is 0 Å². The van der Waals surface area contributed by atoms with Gasteiger partial charge >= 0.3 is 0 Å². The average Bonchev–Trinajstić information content (AvgIpc) is 2.59. The van der Waals surface area contributed by atoms with E-state index in [4.69, 9.17) is 19.3 Å². The first-order chi connectivity index (χ1) is 7.28. The third kappa shape index (κ3) is 1.75. The fraction of sp³-hybridized carbons (Fsp3) is 1.00. The molecule has 3 N–H and O–H groups in total. The molecule has 16 heavy (non-hydrogen) atoms. The number of rotatable bonds is 2. The summed E-state index contributed by atoms with van der Waals surface area (Å²) in [4.78, 5) is 0. The Morgan fingerprint density at radius 2 is 1.88 bits per heavy atom. The lowest BCUT2D eigenvalue weighted by Gasteiger charge is -2.32. The molecular weight excluding hydrogens is 216 g/mol. The number of aliphatic hydroxyl groups excluding tert-OH is 2. The second-order valence-corrected chi connectivity index (χ2v) is 4.96. The van der Waals surface area contributed by atoms with Crippen molar-refractivity contribution in [1.82, 2.24) is 0 Å². The van der Waals surface area contributed by atoms with Gasteiger partial charge in [-0.25, -0.2) is 0 Å². The third-order valence-corrected chi connectivity index (χ3v) is 3.03. The van der Waals surface area contributed by atoms with E-state index in [-0.39, 0.29) is 0 Å². The lowest BCUT2D eigenvalue weighted by Crippen LogP contribution is -2.51. The van der Waals surface area contributed by atoms with Crippen molar-refractivity contribution in [2.24, 2.45) is 0 Å². The van der Waals surface area contributed by atoms with Crippen LogP contribution in [0.5, 0.6) is 0 Å². The van der Waals surface area contributed by atoms with Crippen LogP contribution in [0.3, 0.4) is 0 Å². The Morgan fingerprint density at radius 1 is 1.25 bits per heavy atom. The molecule has 0 radical (unpaired) electrons.